The highest BCUT2D eigenvalue weighted by molar-refractivity contribution is 7.92. The SMILES string of the molecule is CC[C@H](C)NC(=O)[C@@H](C)N(Cc1ccc(OC)cc1)C(=O)CN(c1ccc(OC)c(Cl)c1)S(=O)(=O)c1ccc(C)cc1. The Labute approximate surface area is 253 Å². The van der Waals surface area contributed by atoms with E-state index in [0.717, 1.165) is 15.4 Å². The van der Waals surface area contributed by atoms with Gasteiger partial charge in [-0.2, -0.15) is 0 Å². The number of amides is 2. The number of rotatable bonds is 13. The lowest BCUT2D eigenvalue weighted by molar-refractivity contribution is -0.139. The van der Waals surface area contributed by atoms with Gasteiger partial charge in [-0.3, -0.25) is 13.9 Å². The number of ether oxygens (including phenoxy) is 2. The van der Waals surface area contributed by atoms with Crippen LogP contribution in [-0.4, -0.2) is 58.0 Å². The second-order valence-electron chi connectivity index (χ2n) is 10.0. The Morgan fingerprint density at radius 1 is 0.952 bits per heavy atom. The molecule has 0 saturated carbocycles. The lowest BCUT2D eigenvalue weighted by atomic mass is 10.1. The maximum Gasteiger partial charge on any atom is 0.264 e. The summed E-state index contributed by atoms with van der Waals surface area (Å²) in [5.41, 5.74) is 1.81. The highest BCUT2D eigenvalue weighted by Gasteiger charge is 2.33. The van der Waals surface area contributed by atoms with E-state index in [9.17, 15) is 18.0 Å². The molecular weight excluding hydrogens is 578 g/mol. The number of carbonyl (C=O) groups excluding carboxylic acids is 2. The fraction of sp³-hybridized carbons (Fsp3) is 0.355. The third kappa shape index (κ3) is 7.95. The van der Waals surface area contributed by atoms with E-state index in [-0.39, 0.29) is 34.1 Å². The number of aryl methyl sites for hydroxylation is 1. The Kier molecular flexibility index (Phi) is 11.2. The van der Waals surface area contributed by atoms with Crippen LogP contribution < -0.4 is 19.1 Å². The summed E-state index contributed by atoms with van der Waals surface area (Å²) in [6.45, 7) is 6.80. The Morgan fingerprint density at radius 3 is 2.14 bits per heavy atom. The molecule has 2 amide bonds. The minimum absolute atomic E-state index is 0.0112. The van der Waals surface area contributed by atoms with Crippen molar-refractivity contribution in [2.45, 2.75) is 57.6 Å². The van der Waals surface area contributed by atoms with E-state index < -0.39 is 28.5 Å². The first-order valence-electron chi connectivity index (χ1n) is 13.6. The molecule has 0 fully saturated rings. The lowest BCUT2D eigenvalue weighted by Gasteiger charge is -2.32. The van der Waals surface area contributed by atoms with Gasteiger partial charge in [-0.05, 0) is 75.2 Å². The topological polar surface area (TPSA) is 105 Å². The predicted octanol–water partition coefficient (Wildman–Crippen LogP) is 5.19. The fourth-order valence-corrected chi connectivity index (χ4v) is 5.81. The third-order valence-electron chi connectivity index (χ3n) is 6.99. The van der Waals surface area contributed by atoms with Crippen LogP contribution in [0.25, 0.3) is 0 Å². The Morgan fingerprint density at radius 2 is 1.60 bits per heavy atom. The zero-order valence-electron chi connectivity index (χ0n) is 24.8. The van der Waals surface area contributed by atoms with Crippen LogP contribution in [0.3, 0.4) is 0 Å². The molecule has 0 saturated heterocycles. The molecule has 42 heavy (non-hydrogen) atoms. The van der Waals surface area contributed by atoms with Crippen molar-refractivity contribution < 1.29 is 27.5 Å². The number of halogens is 1. The molecule has 3 aromatic carbocycles. The number of carbonyl (C=O) groups is 2. The van der Waals surface area contributed by atoms with Crippen molar-refractivity contribution in [1.29, 1.82) is 0 Å². The van der Waals surface area contributed by atoms with Crippen LogP contribution >= 0.6 is 11.6 Å². The second kappa shape index (κ2) is 14.4. The molecule has 0 aromatic heterocycles. The van der Waals surface area contributed by atoms with Crippen molar-refractivity contribution in [1.82, 2.24) is 10.2 Å². The molecular formula is C31H38ClN3O6S. The Bertz CT molecular complexity index is 1480. The molecule has 226 valence electrons. The van der Waals surface area contributed by atoms with Gasteiger partial charge >= 0.3 is 0 Å². The zero-order chi connectivity index (χ0) is 31.0. The monoisotopic (exact) mass is 615 g/mol. The Hall–Kier alpha value is -3.76. The van der Waals surface area contributed by atoms with Crippen molar-refractivity contribution in [3.63, 3.8) is 0 Å². The first-order valence-corrected chi connectivity index (χ1v) is 15.4. The van der Waals surface area contributed by atoms with E-state index in [2.05, 4.69) is 5.32 Å². The maximum absolute atomic E-state index is 14.1. The number of benzene rings is 3. The minimum atomic E-state index is -4.22. The molecule has 0 spiro atoms. The molecule has 3 aromatic rings. The highest BCUT2D eigenvalue weighted by atomic mass is 35.5. The molecule has 0 radical (unpaired) electrons. The lowest BCUT2D eigenvalue weighted by Crippen LogP contribution is -2.52. The van der Waals surface area contributed by atoms with Crippen LogP contribution in [0.4, 0.5) is 5.69 Å². The smallest absolute Gasteiger partial charge is 0.264 e. The zero-order valence-corrected chi connectivity index (χ0v) is 26.3. The predicted molar refractivity (Wildman–Crippen MR) is 165 cm³/mol. The number of hydrogen-bond acceptors (Lipinski definition) is 6. The standard InChI is InChI=1S/C31H38ClN3O6S/c1-7-22(3)33-31(37)23(4)34(19-24-10-13-26(40-5)14-11-24)30(36)20-35(25-12-17-29(41-6)28(32)18-25)42(38,39)27-15-8-21(2)9-16-27/h8-18,22-23H,7,19-20H2,1-6H3,(H,33,37)/t22-,23+/m0/s1. The first-order chi connectivity index (χ1) is 19.9. The average molecular weight is 616 g/mol. The number of sulfonamides is 1. The largest absolute Gasteiger partial charge is 0.497 e. The van der Waals surface area contributed by atoms with E-state index in [1.165, 1.54) is 42.3 Å². The van der Waals surface area contributed by atoms with Crippen LogP contribution in [0.1, 0.15) is 38.3 Å². The number of methoxy groups -OCH3 is 2. The molecule has 9 nitrogen and oxygen atoms in total. The van der Waals surface area contributed by atoms with E-state index in [4.69, 9.17) is 21.1 Å². The van der Waals surface area contributed by atoms with Gasteiger partial charge in [-0.15, -0.1) is 0 Å². The maximum atomic E-state index is 14.1. The molecule has 0 unspecified atom stereocenters. The van der Waals surface area contributed by atoms with Gasteiger partial charge in [0.2, 0.25) is 11.8 Å². The number of nitrogens with one attached hydrogen (secondary N) is 1. The average Bonchev–Trinajstić information content (AvgIpc) is 2.98. The first kappa shape index (κ1) is 32.8. The van der Waals surface area contributed by atoms with E-state index in [1.807, 2.05) is 20.8 Å². The molecule has 0 bridgehead atoms. The molecule has 1 N–H and O–H groups in total. The summed E-state index contributed by atoms with van der Waals surface area (Å²) in [5.74, 6) is 0.0914. The van der Waals surface area contributed by atoms with Crippen LogP contribution in [0.15, 0.2) is 71.6 Å². The molecule has 2 atom stereocenters. The fourth-order valence-electron chi connectivity index (χ4n) is 4.15. The van der Waals surface area contributed by atoms with Crippen molar-refractivity contribution >= 4 is 39.1 Å². The van der Waals surface area contributed by atoms with Crippen LogP contribution in [0, 0.1) is 6.92 Å². The van der Waals surface area contributed by atoms with Crippen LogP contribution in [-0.2, 0) is 26.2 Å². The Balaban J connectivity index is 2.05. The van der Waals surface area contributed by atoms with Gasteiger partial charge in [0.05, 0.1) is 29.8 Å². The van der Waals surface area contributed by atoms with E-state index in [0.29, 0.717) is 17.9 Å². The van der Waals surface area contributed by atoms with Gasteiger partial charge in [0.1, 0.15) is 24.1 Å². The van der Waals surface area contributed by atoms with Crippen molar-refractivity contribution in [3.05, 3.63) is 82.9 Å². The third-order valence-corrected chi connectivity index (χ3v) is 9.07. The van der Waals surface area contributed by atoms with Crippen LogP contribution in [0.2, 0.25) is 5.02 Å². The van der Waals surface area contributed by atoms with Gasteiger partial charge in [-0.25, -0.2) is 8.42 Å². The summed E-state index contributed by atoms with van der Waals surface area (Å²) < 4.78 is 39.4. The van der Waals surface area contributed by atoms with Crippen molar-refractivity contribution in [2.75, 3.05) is 25.1 Å². The van der Waals surface area contributed by atoms with E-state index >= 15 is 0 Å². The van der Waals surface area contributed by atoms with E-state index in [1.54, 1.807) is 50.4 Å². The summed E-state index contributed by atoms with van der Waals surface area (Å²) in [6, 6.07) is 17.0. The van der Waals surface area contributed by atoms with Crippen molar-refractivity contribution in [3.8, 4) is 11.5 Å². The molecule has 3 rings (SSSR count). The molecule has 0 aliphatic heterocycles. The molecule has 0 aliphatic carbocycles. The van der Waals surface area contributed by atoms with Gasteiger partial charge < -0.3 is 19.7 Å². The quantitative estimate of drug-likeness (QED) is 0.284. The van der Waals surface area contributed by atoms with Gasteiger partial charge in [0.25, 0.3) is 10.0 Å². The van der Waals surface area contributed by atoms with Crippen LogP contribution in [0.5, 0.6) is 11.5 Å². The molecule has 0 heterocycles. The highest BCUT2D eigenvalue weighted by Crippen LogP contribution is 2.32. The van der Waals surface area contributed by atoms with Gasteiger partial charge in [0, 0.05) is 12.6 Å². The molecule has 11 heteroatoms. The summed E-state index contributed by atoms with van der Waals surface area (Å²) >= 11 is 6.37. The number of nitrogens with zero attached hydrogens (tertiary/aromatic N) is 2. The minimum Gasteiger partial charge on any atom is -0.497 e. The summed E-state index contributed by atoms with van der Waals surface area (Å²) in [6.07, 6.45) is 0.714. The second-order valence-corrected chi connectivity index (χ2v) is 12.3. The van der Waals surface area contributed by atoms with Gasteiger partial charge in [0.15, 0.2) is 0 Å². The number of anilines is 1. The van der Waals surface area contributed by atoms with Crippen molar-refractivity contribution in [2.24, 2.45) is 0 Å². The summed E-state index contributed by atoms with van der Waals surface area (Å²) in [7, 11) is -1.21. The number of hydrogen-bond donors (Lipinski definition) is 1. The normalized spacial score (nSPS) is 12.6. The summed E-state index contributed by atoms with van der Waals surface area (Å²) in [4.78, 5) is 28.6. The summed E-state index contributed by atoms with van der Waals surface area (Å²) in [5, 5.41) is 3.10. The molecule has 0 aliphatic rings. The van der Waals surface area contributed by atoms with Gasteiger partial charge in [-0.1, -0.05) is 48.4 Å².